The quantitative estimate of drug-likeness (QED) is 0.281. The van der Waals surface area contributed by atoms with Gasteiger partial charge in [-0.3, -0.25) is 9.59 Å². The number of amides is 2. The summed E-state index contributed by atoms with van der Waals surface area (Å²) in [5.41, 5.74) is 2.83. The van der Waals surface area contributed by atoms with Crippen LogP contribution in [0.3, 0.4) is 0 Å². The van der Waals surface area contributed by atoms with Gasteiger partial charge in [-0.1, -0.05) is 58.4 Å². The normalized spacial score (nSPS) is 21.4. The molecule has 9 heteroatoms. The molecule has 1 spiro atoms. The number of hydrogen-bond donors (Lipinski definition) is 0. The van der Waals surface area contributed by atoms with Gasteiger partial charge in [-0.05, 0) is 79.7 Å². The van der Waals surface area contributed by atoms with Crippen LogP contribution in [0.25, 0.3) is 0 Å². The second-order valence-electron chi connectivity index (χ2n) is 12.2. The van der Waals surface area contributed by atoms with E-state index in [1.807, 2.05) is 29.2 Å². The van der Waals surface area contributed by atoms with Crippen molar-refractivity contribution in [1.82, 2.24) is 14.7 Å². The number of piperidine rings is 1. The molecule has 2 atom stereocenters. The first-order valence-corrected chi connectivity index (χ1v) is 16.0. The third-order valence-electron chi connectivity index (χ3n) is 9.78. The largest absolute Gasteiger partial charge is 0.493 e. The fourth-order valence-electron chi connectivity index (χ4n) is 7.26. The van der Waals surface area contributed by atoms with Crippen molar-refractivity contribution in [3.05, 3.63) is 94.0 Å². The maximum atomic E-state index is 13.7. The molecule has 3 aliphatic rings. The summed E-state index contributed by atoms with van der Waals surface area (Å²) in [5.74, 6) is 2.09. The molecule has 3 aliphatic heterocycles. The van der Waals surface area contributed by atoms with Gasteiger partial charge in [0.1, 0.15) is 0 Å². The Morgan fingerprint density at radius 2 is 1.57 bits per heavy atom. The highest BCUT2D eigenvalue weighted by molar-refractivity contribution is 9.10. The summed E-state index contributed by atoms with van der Waals surface area (Å²) in [4.78, 5) is 33.9. The van der Waals surface area contributed by atoms with Gasteiger partial charge in [-0.15, -0.1) is 12.4 Å². The molecular weight excluding hydrogens is 642 g/mol. The van der Waals surface area contributed by atoms with E-state index in [0.717, 1.165) is 49.9 Å². The topological polar surface area (TPSA) is 62.3 Å². The van der Waals surface area contributed by atoms with E-state index in [1.165, 1.54) is 11.1 Å². The van der Waals surface area contributed by atoms with E-state index in [1.54, 1.807) is 26.4 Å². The first-order chi connectivity index (χ1) is 20.9. The maximum Gasteiger partial charge on any atom is 0.254 e. The average molecular weight is 683 g/mol. The molecule has 0 N–H and O–H groups in total. The minimum Gasteiger partial charge on any atom is -0.493 e. The lowest BCUT2D eigenvalue weighted by molar-refractivity contribution is -0.139. The van der Waals surface area contributed by atoms with Crippen molar-refractivity contribution in [3.63, 3.8) is 0 Å². The van der Waals surface area contributed by atoms with E-state index in [4.69, 9.17) is 9.47 Å². The van der Waals surface area contributed by atoms with Crippen molar-refractivity contribution < 1.29 is 19.1 Å². The molecule has 0 aliphatic carbocycles. The number of halogens is 2. The monoisotopic (exact) mass is 681 g/mol. The molecule has 6 rings (SSSR count). The highest BCUT2D eigenvalue weighted by atomic mass is 79.9. The zero-order valence-corrected chi connectivity index (χ0v) is 27.8. The van der Waals surface area contributed by atoms with E-state index < -0.39 is 0 Å². The smallest absolute Gasteiger partial charge is 0.254 e. The number of nitrogens with zero attached hydrogens (tertiary/aromatic N) is 3. The summed E-state index contributed by atoms with van der Waals surface area (Å²) in [6.45, 7) is 5.65. The van der Waals surface area contributed by atoms with Gasteiger partial charge in [0.15, 0.2) is 11.5 Å². The zero-order valence-electron chi connectivity index (χ0n) is 25.4. The van der Waals surface area contributed by atoms with Crippen LogP contribution in [-0.4, -0.2) is 80.0 Å². The Morgan fingerprint density at radius 1 is 0.886 bits per heavy atom. The Labute approximate surface area is 275 Å². The zero-order chi connectivity index (χ0) is 30.0. The molecule has 3 aromatic rings. The predicted molar refractivity (Wildman–Crippen MR) is 178 cm³/mol. The van der Waals surface area contributed by atoms with E-state index >= 15 is 0 Å². The molecular formula is C35H41BrClN3O4. The molecule has 234 valence electrons. The Morgan fingerprint density at radius 3 is 2.25 bits per heavy atom. The third kappa shape index (κ3) is 6.63. The summed E-state index contributed by atoms with van der Waals surface area (Å²) >= 11 is 3.50. The lowest BCUT2D eigenvalue weighted by Gasteiger charge is -2.39. The van der Waals surface area contributed by atoms with Crippen LogP contribution in [0, 0.1) is 11.3 Å². The number of carbonyl (C=O) groups excluding carboxylic acids is 2. The SMILES string of the molecule is COc1ccc(C(=O)N2C[C@H](CN3CCC4(CC3)CCN(Cc3ccc(Br)cc3)C4=O)[C@@H](c3ccccc3)C2)cc1OC.Cl. The van der Waals surface area contributed by atoms with Gasteiger partial charge in [-0.25, -0.2) is 0 Å². The number of hydrogen-bond acceptors (Lipinski definition) is 5. The minimum atomic E-state index is -0.226. The average Bonchev–Trinajstić information content (AvgIpc) is 3.60. The highest BCUT2D eigenvalue weighted by Gasteiger charge is 2.48. The Kier molecular flexibility index (Phi) is 10.2. The van der Waals surface area contributed by atoms with Crippen molar-refractivity contribution in [2.45, 2.75) is 31.7 Å². The van der Waals surface area contributed by atoms with E-state index in [-0.39, 0.29) is 29.6 Å². The van der Waals surface area contributed by atoms with Crippen LogP contribution in [-0.2, 0) is 11.3 Å². The number of likely N-dealkylation sites (tertiary alicyclic amines) is 3. The van der Waals surface area contributed by atoms with Gasteiger partial charge in [0.05, 0.1) is 19.6 Å². The molecule has 0 unspecified atom stereocenters. The second kappa shape index (κ2) is 13.9. The predicted octanol–water partition coefficient (Wildman–Crippen LogP) is 6.26. The number of ether oxygens (including phenoxy) is 2. The van der Waals surface area contributed by atoms with Gasteiger partial charge >= 0.3 is 0 Å². The van der Waals surface area contributed by atoms with Gasteiger partial charge in [0.2, 0.25) is 5.91 Å². The van der Waals surface area contributed by atoms with Gasteiger partial charge < -0.3 is 24.2 Å². The van der Waals surface area contributed by atoms with Gasteiger partial charge in [-0.2, -0.15) is 0 Å². The van der Waals surface area contributed by atoms with Crippen LogP contribution in [0.4, 0.5) is 0 Å². The molecule has 3 fully saturated rings. The second-order valence-corrected chi connectivity index (χ2v) is 13.2. The van der Waals surface area contributed by atoms with Gasteiger partial charge in [0.25, 0.3) is 5.91 Å². The van der Waals surface area contributed by atoms with Gasteiger partial charge in [0, 0.05) is 48.7 Å². The highest BCUT2D eigenvalue weighted by Crippen LogP contribution is 2.43. The maximum absolute atomic E-state index is 13.7. The molecule has 0 aromatic heterocycles. The molecule has 0 radical (unpaired) electrons. The van der Waals surface area contributed by atoms with E-state index in [9.17, 15) is 9.59 Å². The molecule has 0 bridgehead atoms. The van der Waals surface area contributed by atoms with Crippen molar-refractivity contribution in [1.29, 1.82) is 0 Å². The summed E-state index contributed by atoms with van der Waals surface area (Å²) in [6, 6.07) is 24.2. The van der Waals surface area contributed by atoms with Crippen LogP contribution >= 0.6 is 28.3 Å². The lowest BCUT2D eigenvalue weighted by atomic mass is 9.76. The standard InChI is InChI=1S/C35H40BrN3O4.ClH/c1-42-31-13-10-27(20-32(31)43-2)33(40)39-23-28(30(24-39)26-6-4-3-5-7-26)22-37-17-14-35(15-18-37)16-19-38(34(35)41)21-25-8-11-29(36)12-9-25;/h3-13,20,28,30H,14-19,21-24H2,1-2H3;1H/t28-,30+;/m0./s1. The number of carbonyl (C=O) groups is 2. The van der Waals surface area contributed by atoms with Crippen LogP contribution in [0.2, 0.25) is 0 Å². The molecule has 0 saturated carbocycles. The van der Waals surface area contributed by atoms with Crippen molar-refractivity contribution in [3.8, 4) is 11.5 Å². The van der Waals surface area contributed by atoms with Crippen molar-refractivity contribution >= 4 is 40.2 Å². The van der Waals surface area contributed by atoms with Crippen LogP contribution < -0.4 is 9.47 Å². The summed E-state index contributed by atoms with van der Waals surface area (Å²) < 4.78 is 11.9. The fraction of sp³-hybridized carbons (Fsp3) is 0.429. The molecule has 2 amide bonds. The molecule has 3 aromatic carbocycles. The van der Waals surface area contributed by atoms with E-state index in [2.05, 4.69) is 62.1 Å². The summed E-state index contributed by atoms with van der Waals surface area (Å²) in [5, 5.41) is 0. The fourth-order valence-corrected chi connectivity index (χ4v) is 7.53. The minimum absolute atomic E-state index is 0. The third-order valence-corrected chi connectivity index (χ3v) is 10.3. The van der Waals surface area contributed by atoms with Crippen molar-refractivity contribution in [2.75, 3.05) is 53.5 Å². The number of methoxy groups -OCH3 is 2. The summed E-state index contributed by atoms with van der Waals surface area (Å²) in [7, 11) is 3.19. The molecule has 44 heavy (non-hydrogen) atoms. The molecule has 3 saturated heterocycles. The van der Waals surface area contributed by atoms with Crippen LogP contribution in [0.15, 0.2) is 77.3 Å². The van der Waals surface area contributed by atoms with Crippen LogP contribution in [0.5, 0.6) is 11.5 Å². The van der Waals surface area contributed by atoms with Crippen molar-refractivity contribution in [2.24, 2.45) is 11.3 Å². The Hall–Kier alpha value is -3.07. The summed E-state index contributed by atoms with van der Waals surface area (Å²) in [6.07, 6.45) is 2.75. The lowest BCUT2D eigenvalue weighted by Crippen LogP contribution is -2.46. The first kappa shape index (κ1) is 32.3. The molecule has 3 heterocycles. The Balaban J connectivity index is 0.00000384. The van der Waals surface area contributed by atoms with E-state index in [0.29, 0.717) is 48.5 Å². The molecule has 7 nitrogen and oxygen atoms in total. The number of rotatable bonds is 8. The first-order valence-electron chi connectivity index (χ1n) is 15.2. The van der Waals surface area contributed by atoms with Crippen LogP contribution in [0.1, 0.15) is 46.7 Å². The Bertz CT molecular complexity index is 1450. The number of benzene rings is 3.